The largest absolute Gasteiger partial charge is 0.321 e. The summed E-state index contributed by atoms with van der Waals surface area (Å²) in [6.07, 6.45) is 0. The molecule has 0 unspecified atom stereocenters. The Balaban J connectivity index is 2.31. The van der Waals surface area contributed by atoms with E-state index in [4.69, 9.17) is 16.9 Å². The molecule has 0 heterocycles. The van der Waals surface area contributed by atoms with Crippen LogP contribution in [0.2, 0.25) is 5.02 Å². The molecular formula is C14H8ClIN2O. The number of rotatable bonds is 2. The molecule has 5 heteroatoms. The minimum atomic E-state index is -0.328. The smallest absolute Gasteiger partial charge is 0.257 e. The van der Waals surface area contributed by atoms with Crippen molar-refractivity contribution in [1.82, 2.24) is 0 Å². The normalized spacial score (nSPS) is 9.74. The standard InChI is InChI=1S/C14H8ClIN2O/c15-12-6-5-10(16)7-11(12)14(19)18-13-4-2-1-3-9(13)8-17/h1-7H,(H,18,19). The molecule has 0 radical (unpaired) electrons. The summed E-state index contributed by atoms with van der Waals surface area (Å²) in [6, 6.07) is 14.1. The number of anilines is 1. The second kappa shape index (κ2) is 6.04. The van der Waals surface area contributed by atoms with E-state index in [1.54, 1.807) is 36.4 Å². The Bertz CT molecular complexity index is 679. The summed E-state index contributed by atoms with van der Waals surface area (Å²) in [5.41, 5.74) is 1.28. The summed E-state index contributed by atoms with van der Waals surface area (Å²) in [7, 11) is 0. The van der Waals surface area contributed by atoms with Crippen molar-refractivity contribution in [3.05, 3.63) is 62.2 Å². The molecule has 0 saturated carbocycles. The molecule has 19 heavy (non-hydrogen) atoms. The van der Waals surface area contributed by atoms with Crippen molar-refractivity contribution in [3.8, 4) is 6.07 Å². The Kier molecular flexibility index (Phi) is 4.40. The average molecular weight is 383 g/mol. The van der Waals surface area contributed by atoms with Gasteiger partial charge in [0.05, 0.1) is 21.8 Å². The third kappa shape index (κ3) is 3.25. The van der Waals surface area contributed by atoms with Gasteiger partial charge in [-0.2, -0.15) is 5.26 Å². The molecule has 1 N–H and O–H groups in total. The third-order valence-electron chi connectivity index (χ3n) is 2.47. The predicted molar refractivity (Wildman–Crippen MR) is 83.3 cm³/mol. The van der Waals surface area contributed by atoms with Gasteiger partial charge >= 0.3 is 0 Å². The molecule has 2 aromatic carbocycles. The highest BCUT2D eigenvalue weighted by molar-refractivity contribution is 14.1. The molecule has 0 aromatic heterocycles. The number of hydrogen-bond acceptors (Lipinski definition) is 2. The van der Waals surface area contributed by atoms with Crippen LogP contribution >= 0.6 is 34.2 Å². The molecule has 0 bridgehead atoms. The van der Waals surface area contributed by atoms with Crippen molar-refractivity contribution in [2.24, 2.45) is 0 Å². The highest BCUT2D eigenvalue weighted by atomic mass is 127. The molecule has 0 fully saturated rings. The van der Waals surface area contributed by atoms with Crippen molar-refractivity contribution in [2.45, 2.75) is 0 Å². The Morgan fingerprint density at radius 2 is 2.00 bits per heavy atom. The fourth-order valence-corrected chi connectivity index (χ4v) is 2.25. The number of hydrogen-bond donors (Lipinski definition) is 1. The number of amides is 1. The topological polar surface area (TPSA) is 52.9 Å². The van der Waals surface area contributed by atoms with Crippen LogP contribution in [0.15, 0.2) is 42.5 Å². The molecule has 0 aliphatic carbocycles. The number of carbonyl (C=O) groups excluding carboxylic acids is 1. The van der Waals surface area contributed by atoms with Crippen molar-refractivity contribution >= 4 is 45.8 Å². The van der Waals surface area contributed by atoms with Gasteiger partial charge in [-0.1, -0.05) is 23.7 Å². The zero-order chi connectivity index (χ0) is 13.8. The predicted octanol–water partition coefficient (Wildman–Crippen LogP) is 4.07. The van der Waals surface area contributed by atoms with E-state index in [0.29, 0.717) is 21.8 Å². The van der Waals surface area contributed by atoms with Gasteiger partial charge in [-0.05, 0) is 52.9 Å². The van der Waals surface area contributed by atoms with E-state index in [0.717, 1.165) is 3.57 Å². The van der Waals surface area contributed by atoms with E-state index >= 15 is 0 Å². The zero-order valence-corrected chi connectivity index (χ0v) is 12.6. The summed E-state index contributed by atoms with van der Waals surface area (Å²) in [5.74, 6) is -0.328. The van der Waals surface area contributed by atoms with Crippen molar-refractivity contribution < 1.29 is 4.79 Å². The van der Waals surface area contributed by atoms with Crippen molar-refractivity contribution in [1.29, 1.82) is 5.26 Å². The number of nitrogens with one attached hydrogen (secondary N) is 1. The summed E-state index contributed by atoms with van der Waals surface area (Å²) in [6.45, 7) is 0. The van der Waals surface area contributed by atoms with E-state index < -0.39 is 0 Å². The molecular weight excluding hydrogens is 375 g/mol. The van der Waals surface area contributed by atoms with Crippen LogP contribution in [0.1, 0.15) is 15.9 Å². The first-order chi connectivity index (χ1) is 9.11. The van der Waals surface area contributed by atoms with E-state index in [2.05, 4.69) is 27.9 Å². The SMILES string of the molecule is N#Cc1ccccc1NC(=O)c1cc(I)ccc1Cl. The number of nitrogens with zero attached hydrogens (tertiary/aromatic N) is 1. The fourth-order valence-electron chi connectivity index (χ4n) is 1.55. The monoisotopic (exact) mass is 382 g/mol. The second-order valence-electron chi connectivity index (χ2n) is 3.74. The van der Waals surface area contributed by atoms with Gasteiger partial charge in [0.25, 0.3) is 5.91 Å². The molecule has 0 saturated heterocycles. The van der Waals surface area contributed by atoms with Crippen LogP contribution in [-0.4, -0.2) is 5.91 Å². The van der Waals surface area contributed by atoms with Crippen molar-refractivity contribution in [2.75, 3.05) is 5.32 Å². The molecule has 0 aliphatic rings. The lowest BCUT2D eigenvalue weighted by Crippen LogP contribution is -2.13. The molecule has 94 valence electrons. The van der Waals surface area contributed by atoms with Crippen LogP contribution in [0.4, 0.5) is 5.69 Å². The number of halogens is 2. The summed E-state index contributed by atoms with van der Waals surface area (Å²) >= 11 is 8.11. The van der Waals surface area contributed by atoms with E-state index in [-0.39, 0.29) is 5.91 Å². The molecule has 0 spiro atoms. The molecule has 2 rings (SSSR count). The van der Waals surface area contributed by atoms with Gasteiger partial charge in [-0.15, -0.1) is 0 Å². The quantitative estimate of drug-likeness (QED) is 0.796. The minimum absolute atomic E-state index is 0.328. The Labute approximate surface area is 129 Å². The van der Waals surface area contributed by atoms with Gasteiger partial charge in [-0.25, -0.2) is 0 Å². The zero-order valence-electron chi connectivity index (χ0n) is 9.65. The minimum Gasteiger partial charge on any atom is -0.321 e. The number of benzene rings is 2. The lowest BCUT2D eigenvalue weighted by Gasteiger charge is -2.08. The van der Waals surface area contributed by atoms with Crippen LogP contribution in [-0.2, 0) is 0 Å². The lowest BCUT2D eigenvalue weighted by molar-refractivity contribution is 0.102. The first-order valence-electron chi connectivity index (χ1n) is 5.37. The molecule has 2 aromatic rings. The lowest BCUT2D eigenvalue weighted by atomic mass is 10.1. The summed E-state index contributed by atoms with van der Waals surface area (Å²) in [5, 5.41) is 12.1. The molecule has 3 nitrogen and oxygen atoms in total. The third-order valence-corrected chi connectivity index (χ3v) is 3.47. The number of para-hydroxylation sites is 1. The Morgan fingerprint density at radius 3 is 2.74 bits per heavy atom. The van der Waals surface area contributed by atoms with E-state index in [1.807, 2.05) is 12.1 Å². The first kappa shape index (κ1) is 13.8. The van der Waals surface area contributed by atoms with Crippen LogP contribution in [0.3, 0.4) is 0 Å². The molecule has 0 atom stereocenters. The average Bonchev–Trinajstić information content (AvgIpc) is 2.42. The van der Waals surface area contributed by atoms with Gasteiger partial charge in [0.1, 0.15) is 6.07 Å². The maximum Gasteiger partial charge on any atom is 0.257 e. The highest BCUT2D eigenvalue weighted by Crippen LogP contribution is 2.21. The second-order valence-corrected chi connectivity index (χ2v) is 5.39. The van der Waals surface area contributed by atoms with Crippen molar-refractivity contribution in [3.63, 3.8) is 0 Å². The van der Waals surface area contributed by atoms with Crippen LogP contribution in [0, 0.1) is 14.9 Å². The van der Waals surface area contributed by atoms with Gasteiger partial charge in [0.2, 0.25) is 0 Å². The van der Waals surface area contributed by atoms with Gasteiger partial charge in [0.15, 0.2) is 0 Å². The number of nitriles is 1. The van der Waals surface area contributed by atoms with Gasteiger partial charge in [0, 0.05) is 3.57 Å². The highest BCUT2D eigenvalue weighted by Gasteiger charge is 2.12. The maximum absolute atomic E-state index is 12.1. The summed E-state index contributed by atoms with van der Waals surface area (Å²) in [4.78, 5) is 12.1. The number of carbonyl (C=O) groups is 1. The van der Waals surface area contributed by atoms with Crippen LogP contribution in [0.5, 0.6) is 0 Å². The van der Waals surface area contributed by atoms with E-state index in [1.165, 1.54) is 0 Å². The van der Waals surface area contributed by atoms with Gasteiger partial charge in [-0.3, -0.25) is 4.79 Å². The maximum atomic E-state index is 12.1. The van der Waals surface area contributed by atoms with E-state index in [9.17, 15) is 4.79 Å². The first-order valence-corrected chi connectivity index (χ1v) is 6.83. The Hall–Kier alpha value is -1.58. The molecule has 1 amide bonds. The van der Waals surface area contributed by atoms with Crippen LogP contribution < -0.4 is 5.32 Å². The summed E-state index contributed by atoms with van der Waals surface area (Å²) < 4.78 is 0.917. The van der Waals surface area contributed by atoms with Gasteiger partial charge < -0.3 is 5.32 Å². The van der Waals surface area contributed by atoms with Crippen LogP contribution in [0.25, 0.3) is 0 Å². The Morgan fingerprint density at radius 1 is 1.26 bits per heavy atom. The fraction of sp³-hybridized carbons (Fsp3) is 0. The molecule has 0 aliphatic heterocycles.